The van der Waals surface area contributed by atoms with Crippen LogP contribution in [0, 0.1) is 0 Å². The predicted molar refractivity (Wildman–Crippen MR) is 45.3 cm³/mol. The van der Waals surface area contributed by atoms with Crippen molar-refractivity contribution in [3.63, 3.8) is 0 Å². The highest BCUT2D eigenvalue weighted by Crippen LogP contribution is 1.97. The molecule has 0 aromatic rings. The predicted octanol–water partition coefficient (Wildman–Crippen LogP) is 2.30. The van der Waals surface area contributed by atoms with Crippen LogP contribution in [-0.4, -0.2) is 12.6 Å². The Morgan fingerprint density at radius 2 is 2.18 bits per heavy atom. The molecule has 64 valence electrons. The van der Waals surface area contributed by atoms with E-state index in [1.165, 1.54) is 0 Å². The largest absolute Gasteiger partial charge is 0.462 e. The molecule has 0 saturated heterocycles. The molecule has 0 unspecified atom stereocenters. The highest BCUT2D eigenvalue weighted by atomic mass is 16.5. The first-order valence-corrected chi connectivity index (χ1v) is 4.02. The van der Waals surface area contributed by atoms with Gasteiger partial charge in [0.25, 0.3) is 0 Å². The molecule has 0 fully saturated rings. The van der Waals surface area contributed by atoms with E-state index in [9.17, 15) is 4.79 Å². The lowest BCUT2D eigenvalue weighted by atomic mass is 10.3. The van der Waals surface area contributed by atoms with E-state index in [1.54, 1.807) is 13.0 Å². The summed E-state index contributed by atoms with van der Waals surface area (Å²) in [6, 6.07) is 0. The summed E-state index contributed by atoms with van der Waals surface area (Å²) in [4.78, 5) is 11.0. The maximum absolute atomic E-state index is 11.0. The molecular formula is C9H16O2. The minimum absolute atomic E-state index is 0.194. The highest BCUT2D eigenvalue weighted by Gasteiger charge is 2.02. The number of esters is 1. The fraction of sp³-hybridized carbons (Fsp3) is 0.667. The fourth-order valence-electron chi connectivity index (χ4n) is 0.541. The number of hydrogen-bond acceptors (Lipinski definition) is 2. The van der Waals surface area contributed by atoms with E-state index in [2.05, 4.69) is 6.92 Å². The van der Waals surface area contributed by atoms with E-state index < -0.39 is 0 Å². The second kappa shape index (κ2) is 5.96. The third-order valence-corrected chi connectivity index (χ3v) is 1.49. The number of allylic oxidation sites excluding steroid dienone is 1. The van der Waals surface area contributed by atoms with Crippen molar-refractivity contribution in [2.45, 2.75) is 33.6 Å². The van der Waals surface area contributed by atoms with Crippen molar-refractivity contribution in [1.29, 1.82) is 0 Å². The van der Waals surface area contributed by atoms with Gasteiger partial charge in [0.2, 0.25) is 0 Å². The number of carbonyl (C=O) groups excluding carboxylic acids is 1. The molecule has 0 atom stereocenters. The Labute approximate surface area is 68.2 Å². The SMILES string of the molecule is CC=C(C)C(=O)OCCCC. The number of carbonyl (C=O) groups is 1. The summed E-state index contributed by atoms with van der Waals surface area (Å²) >= 11 is 0. The summed E-state index contributed by atoms with van der Waals surface area (Å²) in [5, 5.41) is 0. The van der Waals surface area contributed by atoms with Crippen molar-refractivity contribution in [1.82, 2.24) is 0 Å². The normalized spacial score (nSPS) is 11.4. The van der Waals surface area contributed by atoms with Gasteiger partial charge in [-0.1, -0.05) is 19.4 Å². The summed E-state index contributed by atoms with van der Waals surface area (Å²) in [5.41, 5.74) is 0.682. The zero-order valence-corrected chi connectivity index (χ0v) is 7.52. The molecule has 0 heterocycles. The molecular weight excluding hydrogens is 140 g/mol. The summed E-state index contributed by atoms with van der Waals surface area (Å²) < 4.78 is 4.93. The first kappa shape index (κ1) is 10.2. The van der Waals surface area contributed by atoms with Crippen LogP contribution in [0.1, 0.15) is 33.6 Å². The van der Waals surface area contributed by atoms with Gasteiger partial charge in [0, 0.05) is 5.57 Å². The molecule has 0 amide bonds. The summed E-state index contributed by atoms with van der Waals surface area (Å²) in [7, 11) is 0. The molecule has 0 saturated carbocycles. The third kappa shape index (κ3) is 4.59. The summed E-state index contributed by atoms with van der Waals surface area (Å²) in [6.07, 6.45) is 3.76. The maximum Gasteiger partial charge on any atom is 0.333 e. The van der Waals surface area contributed by atoms with Crippen LogP contribution < -0.4 is 0 Å². The molecule has 0 aromatic heterocycles. The Kier molecular flexibility index (Phi) is 5.53. The van der Waals surface area contributed by atoms with Crippen LogP contribution in [0.3, 0.4) is 0 Å². The Hall–Kier alpha value is -0.790. The molecule has 0 bridgehead atoms. The number of rotatable bonds is 4. The van der Waals surface area contributed by atoms with Gasteiger partial charge in [-0.25, -0.2) is 4.79 Å². The van der Waals surface area contributed by atoms with Gasteiger partial charge < -0.3 is 4.74 Å². The topological polar surface area (TPSA) is 26.3 Å². The molecule has 2 heteroatoms. The van der Waals surface area contributed by atoms with Crippen LogP contribution >= 0.6 is 0 Å². The third-order valence-electron chi connectivity index (χ3n) is 1.49. The first-order chi connectivity index (χ1) is 5.22. The Morgan fingerprint density at radius 1 is 1.55 bits per heavy atom. The van der Waals surface area contributed by atoms with Gasteiger partial charge >= 0.3 is 5.97 Å². The van der Waals surface area contributed by atoms with E-state index in [0.29, 0.717) is 12.2 Å². The number of ether oxygens (including phenoxy) is 1. The maximum atomic E-state index is 11.0. The molecule has 0 aliphatic rings. The van der Waals surface area contributed by atoms with Gasteiger partial charge in [-0.2, -0.15) is 0 Å². The van der Waals surface area contributed by atoms with Crippen LogP contribution in [0.2, 0.25) is 0 Å². The summed E-state index contributed by atoms with van der Waals surface area (Å²) in [6.45, 7) is 6.20. The van der Waals surface area contributed by atoms with Crippen LogP contribution in [0.5, 0.6) is 0 Å². The van der Waals surface area contributed by atoms with Gasteiger partial charge in [-0.15, -0.1) is 0 Å². The second-order valence-electron chi connectivity index (χ2n) is 2.46. The molecule has 0 radical (unpaired) electrons. The van der Waals surface area contributed by atoms with Gasteiger partial charge in [-0.3, -0.25) is 0 Å². The molecule has 0 N–H and O–H groups in total. The number of unbranched alkanes of at least 4 members (excludes halogenated alkanes) is 1. The van der Waals surface area contributed by atoms with Crippen LogP contribution in [0.15, 0.2) is 11.6 Å². The van der Waals surface area contributed by atoms with Crippen LogP contribution in [0.25, 0.3) is 0 Å². The van der Waals surface area contributed by atoms with E-state index in [1.807, 2.05) is 6.92 Å². The van der Waals surface area contributed by atoms with Gasteiger partial charge in [0.15, 0.2) is 0 Å². The van der Waals surface area contributed by atoms with Crippen LogP contribution in [0.4, 0.5) is 0 Å². The van der Waals surface area contributed by atoms with Crippen molar-refractivity contribution < 1.29 is 9.53 Å². The fourth-order valence-corrected chi connectivity index (χ4v) is 0.541. The first-order valence-electron chi connectivity index (χ1n) is 4.02. The lowest BCUT2D eigenvalue weighted by Gasteiger charge is -2.02. The zero-order valence-electron chi connectivity index (χ0n) is 7.52. The lowest BCUT2D eigenvalue weighted by Crippen LogP contribution is -2.06. The molecule has 0 aliphatic heterocycles. The summed E-state index contributed by atoms with van der Waals surface area (Å²) in [5.74, 6) is -0.194. The highest BCUT2D eigenvalue weighted by molar-refractivity contribution is 5.87. The van der Waals surface area contributed by atoms with E-state index >= 15 is 0 Å². The Bertz CT molecular complexity index is 148. The molecule has 0 spiro atoms. The molecule has 2 nitrogen and oxygen atoms in total. The van der Waals surface area contributed by atoms with Crippen molar-refractivity contribution in [2.75, 3.05) is 6.61 Å². The standard InChI is InChI=1S/C9H16O2/c1-4-6-7-11-9(10)8(3)5-2/h5H,4,6-7H2,1-3H3. The molecule has 0 rings (SSSR count). The van der Waals surface area contributed by atoms with Crippen LogP contribution in [-0.2, 0) is 9.53 Å². The molecule has 0 aromatic carbocycles. The van der Waals surface area contributed by atoms with Gasteiger partial charge in [-0.05, 0) is 20.3 Å². The second-order valence-corrected chi connectivity index (χ2v) is 2.46. The average Bonchev–Trinajstić information content (AvgIpc) is 2.03. The monoisotopic (exact) mass is 156 g/mol. The van der Waals surface area contributed by atoms with E-state index in [0.717, 1.165) is 12.8 Å². The lowest BCUT2D eigenvalue weighted by molar-refractivity contribution is -0.139. The quantitative estimate of drug-likeness (QED) is 0.354. The Morgan fingerprint density at radius 3 is 2.64 bits per heavy atom. The van der Waals surface area contributed by atoms with E-state index in [4.69, 9.17) is 4.74 Å². The average molecular weight is 156 g/mol. The minimum atomic E-state index is -0.194. The van der Waals surface area contributed by atoms with Crippen molar-refractivity contribution in [3.8, 4) is 0 Å². The van der Waals surface area contributed by atoms with Crippen molar-refractivity contribution >= 4 is 5.97 Å². The van der Waals surface area contributed by atoms with E-state index in [-0.39, 0.29) is 5.97 Å². The smallest absolute Gasteiger partial charge is 0.333 e. The number of hydrogen-bond donors (Lipinski definition) is 0. The van der Waals surface area contributed by atoms with Gasteiger partial charge in [0.05, 0.1) is 6.61 Å². The Balaban J connectivity index is 3.53. The molecule has 11 heavy (non-hydrogen) atoms. The van der Waals surface area contributed by atoms with Crippen molar-refractivity contribution in [3.05, 3.63) is 11.6 Å². The van der Waals surface area contributed by atoms with Gasteiger partial charge in [0.1, 0.15) is 0 Å². The van der Waals surface area contributed by atoms with Crippen molar-refractivity contribution in [2.24, 2.45) is 0 Å². The zero-order chi connectivity index (χ0) is 8.69. The molecule has 0 aliphatic carbocycles. The minimum Gasteiger partial charge on any atom is -0.462 e.